The summed E-state index contributed by atoms with van der Waals surface area (Å²) < 4.78 is 11.5. The highest BCUT2D eigenvalue weighted by Crippen LogP contribution is 2.18. The minimum atomic E-state index is 0.351. The second-order valence-corrected chi connectivity index (χ2v) is 3.59. The van der Waals surface area contributed by atoms with Crippen molar-refractivity contribution >= 4 is 15.9 Å². The van der Waals surface area contributed by atoms with Crippen LogP contribution in [0.15, 0.2) is 45.6 Å². The molecule has 1 heterocycles. The van der Waals surface area contributed by atoms with Gasteiger partial charge in [0.2, 0.25) is 5.89 Å². The average molecular weight is 254 g/mol. The summed E-state index contributed by atoms with van der Waals surface area (Å²) in [5.74, 6) is 1.36. The first-order chi connectivity index (χ1) is 6.84. The minimum absolute atomic E-state index is 0.351. The van der Waals surface area contributed by atoms with E-state index in [-0.39, 0.29) is 0 Å². The zero-order chi connectivity index (χ0) is 9.80. The van der Waals surface area contributed by atoms with Crippen LogP contribution in [0.2, 0.25) is 0 Å². The molecule has 0 N–H and O–H groups in total. The Labute approximate surface area is 89.8 Å². The average Bonchev–Trinajstić information content (AvgIpc) is 2.67. The lowest BCUT2D eigenvalue weighted by Crippen LogP contribution is -1.94. The fourth-order valence-corrected chi connectivity index (χ4v) is 1.40. The molecule has 0 atom stereocenters. The van der Waals surface area contributed by atoms with Crippen LogP contribution < -0.4 is 4.74 Å². The van der Waals surface area contributed by atoms with Gasteiger partial charge in [0.1, 0.15) is 12.0 Å². The van der Waals surface area contributed by atoms with Gasteiger partial charge >= 0.3 is 0 Å². The van der Waals surface area contributed by atoms with Gasteiger partial charge in [-0.15, -0.1) is 0 Å². The molecule has 0 spiro atoms. The van der Waals surface area contributed by atoms with E-state index in [1.165, 1.54) is 6.26 Å². The van der Waals surface area contributed by atoms with Gasteiger partial charge in [0.05, 0.1) is 6.20 Å². The maximum atomic E-state index is 5.44. The number of nitrogens with zero attached hydrogens (tertiary/aromatic N) is 1. The molecule has 0 aliphatic carbocycles. The highest BCUT2D eigenvalue weighted by atomic mass is 79.9. The quantitative estimate of drug-likeness (QED) is 0.844. The minimum Gasteiger partial charge on any atom is -0.484 e. The number of benzene rings is 1. The van der Waals surface area contributed by atoms with Crippen molar-refractivity contribution in [2.24, 2.45) is 0 Å². The summed E-state index contributed by atoms with van der Waals surface area (Å²) in [5.41, 5.74) is 0. The van der Waals surface area contributed by atoms with Crippen molar-refractivity contribution in [1.82, 2.24) is 4.98 Å². The zero-order valence-electron chi connectivity index (χ0n) is 7.31. The normalized spacial score (nSPS) is 10.1. The molecule has 0 saturated heterocycles. The van der Waals surface area contributed by atoms with Crippen molar-refractivity contribution in [3.05, 3.63) is 47.1 Å². The van der Waals surface area contributed by atoms with Gasteiger partial charge < -0.3 is 9.15 Å². The van der Waals surface area contributed by atoms with Crippen LogP contribution in [0, 0.1) is 0 Å². The molecule has 0 aliphatic rings. The van der Waals surface area contributed by atoms with Crippen molar-refractivity contribution in [2.45, 2.75) is 6.61 Å². The molecule has 0 bridgehead atoms. The number of halogens is 1. The Morgan fingerprint density at radius 3 is 3.07 bits per heavy atom. The first-order valence-electron chi connectivity index (χ1n) is 4.11. The third-order valence-electron chi connectivity index (χ3n) is 1.64. The van der Waals surface area contributed by atoms with Crippen LogP contribution in [0.1, 0.15) is 5.89 Å². The van der Waals surface area contributed by atoms with Gasteiger partial charge in [0.15, 0.2) is 6.61 Å². The third kappa shape index (κ3) is 2.35. The molecule has 4 heteroatoms. The van der Waals surface area contributed by atoms with Crippen LogP contribution >= 0.6 is 15.9 Å². The summed E-state index contributed by atoms with van der Waals surface area (Å²) in [6.45, 7) is 0.351. The molecule has 14 heavy (non-hydrogen) atoms. The van der Waals surface area contributed by atoms with E-state index in [1.807, 2.05) is 24.3 Å². The maximum Gasteiger partial charge on any atom is 0.232 e. The van der Waals surface area contributed by atoms with Gasteiger partial charge in [-0.3, -0.25) is 0 Å². The number of hydrogen-bond acceptors (Lipinski definition) is 3. The standard InChI is InChI=1S/C10H8BrNO2/c11-8-2-1-3-9(6-8)14-7-10-12-4-5-13-10/h1-6H,7H2. The number of oxazole rings is 1. The van der Waals surface area contributed by atoms with Crippen LogP contribution in [0.4, 0.5) is 0 Å². The predicted octanol–water partition coefficient (Wildman–Crippen LogP) is 3.02. The first kappa shape index (κ1) is 9.27. The molecule has 2 aromatic rings. The molecule has 1 aromatic carbocycles. The Kier molecular flexibility index (Phi) is 2.84. The molecular formula is C10H8BrNO2. The largest absolute Gasteiger partial charge is 0.484 e. The third-order valence-corrected chi connectivity index (χ3v) is 2.14. The lowest BCUT2D eigenvalue weighted by Gasteiger charge is -2.02. The second-order valence-electron chi connectivity index (χ2n) is 2.67. The monoisotopic (exact) mass is 253 g/mol. The van der Waals surface area contributed by atoms with Crippen LogP contribution in [0.5, 0.6) is 5.75 Å². The van der Waals surface area contributed by atoms with E-state index in [0.717, 1.165) is 10.2 Å². The molecule has 0 unspecified atom stereocenters. The molecular weight excluding hydrogens is 246 g/mol. The van der Waals surface area contributed by atoms with Crippen molar-refractivity contribution < 1.29 is 9.15 Å². The van der Waals surface area contributed by atoms with Crippen LogP contribution in [-0.4, -0.2) is 4.98 Å². The summed E-state index contributed by atoms with van der Waals surface area (Å²) in [4.78, 5) is 3.95. The topological polar surface area (TPSA) is 35.3 Å². The summed E-state index contributed by atoms with van der Waals surface area (Å²) in [5, 5.41) is 0. The van der Waals surface area contributed by atoms with Gasteiger partial charge in [-0.25, -0.2) is 4.98 Å². The number of rotatable bonds is 3. The van der Waals surface area contributed by atoms with Crippen molar-refractivity contribution in [2.75, 3.05) is 0 Å². The van der Waals surface area contributed by atoms with Gasteiger partial charge in [-0.05, 0) is 18.2 Å². The van der Waals surface area contributed by atoms with Crippen molar-refractivity contribution in [3.63, 3.8) is 0 Å². The first-order valence-corrected chi connectivity index (χ1v) is 4.90. The van der Waals surface area contributed by atoms with E-state index in [2.05, 4.69) is 20.9 Å². The van der Waals surface area contributed by atoms with E-state index >= 15 is 0 Å². The van der Waals surface area contributed by atoms with Crippen LogP contribution in [0.3, 0.4) is 0 Å². The van der Waals surface area contributed by atoms with Crippen molar-refractivity contribution in [1.29, 1.82) is 0 Å². The Bertz CT molecular complexity index is 400. The van der Waals surface area contributed by atoms with Crippen LogP contribution in [0.25, 0.3) is 0 Å². The molecule has 3 nitrogen and oxygen atoms in total. The Hall–Kier alpha value is -1.29. The summed E-state index contributed by atoms with van der Waals surface area (Å²) in [6, 6.07) is 7.63. The summed E-state index contributed by atoms with van der Waals surface area (Å²) in [6.07, 6.45) is 3.12. The predicted molar refractivity (Wildman–Crippen MR) is 55.0 cm³/mol. The molecule has 0 saturated carbocycles. The van der Waals surface area contributed by atoms with Gasteiger partial charge in [0.25, 0.3) is 0 Å². The molecule has 1 aromatic heterocycles. The van der Waals surface area contributed by atoms with Gasteiger partial charge in [-0.1, -0.05) is 22.0 Å². The van der Waals surface area contributed by atoms with Gasteiger partial charge in [0, 0.05) is 4.47 Å². The second kappa shape index (κ2) is 4.28. The Morgan fingerprint density at radius 1 is 1.43 bits per heavy atom. The molecule has 2 rings (SSSR count). The van der Waals surface area contributed by atoms with Crippen LogP contribution in [-0.2, 0) is 6.61 Å². The van der Waals surface area contributed by atoms with E-state index in [0.29, 0.717) is 12.5 Å². The molecule has 0 fully saturated rings. The molecule has 0 radical (unpaired) electrons. The van der Waals surface area contributed by atoms with Gasteiger partial charge in [-0.2, -0.15) is 0 Å². The Morgan fingerprint density at radius 2 is 2.36 bits per heavy atom. The molecule has 72 valence electrons. The summed E-state index contributed by atoms with van der Waals surface area (Å²) in [7, 11) is 0. The lowest BCUT2D eigenvalue weighted by molar-refractivity contribution is 0.263. The fourth-order valence-electron chi connectivity index (χ4n) is 1.03. The highest BCUT2D eigenvalue weighted by Gasteiger charge is 1.99. The molecule has 0 aliphatic heterocycles. The summed E-state index contributed by atoms with van der Waals surface area (Å²) >= 11 is 3.36. The number of aromatic nitrogens is 1. The van der Waals surface area contributed by atoms with E-state index in [4.69, 9.17) is 9.15 Å². The highest BCUT2D eigenvalue weighted by molar-refractivity contribution is 9.10. The van der Waals surface area contributed by atoms with Crippen molar-refractivity contribution in [3.8, 4) is 5.75 Å². The van der Waals surface area contributed by atoms with E-state index < -0.39 is 0 Å². The van der Waals surface area contributed by atoms with E-state index in [9.17, 15) is 0 Å². The lowest BCUT2D eigenvalue weighted by atomic mass is 10.3. The Balaban J connectivity index is 1.98. The zero-order valence-corrected chi connectivity index (χ0v) is 8.90. The maximum absolute atomic E-state index is 5.44. The molecule has 0 amide bonds. The number of ether oxygens (including phenoxy) is 1. The number of hydrogen-bond donors (Lipinski definition) is 0. The smallest absolute Gasteiger partial charge is 0.232 e. The fraction of sp³-hybridized carbons (Fsp3) is 0.100. The SMILES string of the molecule is Brc1cccc(OCc2ncco2)c1. The van der Waals surface area contributed by atoms with E-state index in [1.54, 1.807) is 6.20 Å².